The van der Waals surface area contributed by atoms with Crippen LogP contribution < -0.4 is 5.43 Å². The van der Waals surface area contributed by atoms with E-state index in [2.05, 4.69) is 21.8 Å². The zero-order valence-electron chi connectivity index (χ0n) is 16.0. The number of aromatic nitrogens is 2. The van der Waals surface area contributed by atoms with Crippen LogP contribution in [-0.2, 0) is 11.3 Å². The van der Waals surface area contributed by atoms with Gasteiger partial charge in [0.1, 0.15) is 11.2 Å². The van der Waals surface area contributed by atoms with Gasteiger partial charge in [-0.2, -0.15) is 4.39 Å². The van der Waals surface area contributed by atoms with Crippen molar-refractivity contribution in [1.82, 2.24) is 19.4 Å². The van der Waals surface area contributed by atoms with Gasteiger partial charge in [0.05, 0.1) is 12.0 Å². The van der Waals surface area contributed by atoms with Crippen molar-refractivity contribution < 1.29 is 13.9 Å². The molecular weight excluding hydrogens is 351 g/mol. The second-order valence-corrected chi connectivity index (χ2v) is 6.90. The molecule has 1 aliphatic rings. The number of pyridine rings is 2. The van der Waals surface area contributed by atoms with Crippen molar-refractivity contribution in [2.75, 3.05) is 46.4 Å². The molecule has 2 aromatic heterocycles. The van der Waals surface area contributed by atoms with Crippen LogP contribution in [0.2, 0.25) is 0 Å². The highest BCUT2D eigenvalue weighted by atomic mass is 19.1. The molecule has 0 bridgehead atoms. The molecule has 3 heterocycles. The Bertz CT molecular complexity index is 904. The van der Waals surface area contributed by atoms with Gasteiger partial charge in [0.15, 0.2) is 0 Å². The molecule has 1 aliphatic heterocycles. The number of hydrogen-bond acceptors (Lipinski definition) is 6. The molecule has 7 nitrogen and oxygen atoms in total. The number of nitrogens with zero attached hydrogens (tertiary/aromatic N) is 4. The van der Waals surface area contributed by atoms with E-state index in [1.165, 1.54) is 12.3 Å². The van der Waals surface area contributed by atoms with Crippen LogP contribution in [0.1, 0.15) is 22.8 Å². The van der Waals surface area contributed by atoms with Crippen LogP contribution in [0.15, 0.2) is 17.1 Å². The smallest absolute Gasteiger partial charge is 0.343 e. The molecule has 0 aliphatic carbocycles. The summed E-state index contributed by atoms with van der Waals surface area (Å²) in [7, 11) is 2.09. The third-order valence-corrected chi connectivity index (χ3v) is 4.93. The average molecular weight is 376 g/mol. The Kier molecular flexibility index (Phi) is 5.86. The lowest BCUT2D eigenvalue weighted by molar-refractivity contribution is 0.0524. The van der Waals surface area contributed by atoms with E-state index in [0.717, 1.165) is 32.7 Å². The molecule has 0 N–H and O–H groups in total. The van der Waals surface area contributed by atoms with Crippen LogP contribution in [-0.4, -0.2) is 71.7 Å². The van der Waals surface area contributed by atoms with Crippen molar-refractivity contribution in [2.45, 2.75) is 20.4 Å². The first-order valence-electron chi connectivity index (χ1n) is 9.19. The van der Waals surface area contributed by atoms with E-state index in [-0.39, 0.29) is 28.8 Å². The molecule has 0 spiro atoms. The first-order chi connectivity index (χ1) is 12.9. The van der Waals surface area contributed by atoms with E-state index < -0.39 is 17.3 Å². The van der Waals surface area contributed by atoms with Crippen LogP contribution in [0, 0.1) is 12.9 Å². The number of aryl methyl sites for hydroxylation is 1. The van der Waals surface area contributed by atoms with Crippen molar-refractivity contribution in [1.29, 1.82) is 0 Å². The predicted octanol–water partition coefficient (Wildman–Crippen LogP) is 1.27. The summed E-state index contributed by atoms with van der Waals surface area (Å²) in [6.07, 6.45) is 1.44. The molecule has 0 aromatic carbocycles. The Morgan fingerprint density at radius 1 is 1.26 bits per heavy atom. The summed E-state index contributed by atoms with van der Waals surface area (Å²) in [5, 5.41) is 0.234. The number of esters is 1. The minimum atomic E-state index is -0.667. The summed E-state index contributed by atoms with van der Waals surface area (Å²) in [5.41, 5.74) is 0.00179. The lowest BCUT2D eigenvalue weighted by Crippen LogP contribution is -2.45. The second kappa shape index (κ2) is 8.14. The standard InChI is InChI=1S/C19H25FN4O3/c1-4-27-19(26)15-12-24(10-9-23-7-5-22(3)6-8-23)18-14(16(15)25)11-13(2)17(20)21-18/h11-12H,4-10H2,1-3H3. The van der Waals surface area contributed by atoms with Gasteiger partial charge in [-0.3, -0.25) is 9.69 Å². The van der Waals surface area contributed by atoms with Gasteiger partial charge in [-0.25, -0.2) is 9.78 Å². The number of piperazine rings is 1. The Labute approximate surface area is 157 Å². The summed E-state index contributed by atoms with van der Waals surface area (Å²) >= 11 is 0. The molecule has 0 unspecified atom stereocenters. The molecular formula is C19H25FN4O3. The van der Waals surface area contributed by atoms with Crippen molar-refractivity contribution in [2.24, 2.45) is 0 Å². The Balaban J connectivity index is 1.98. The van der Waals surface area contributed by atoms with Gasteiger partial charge in [0.25, 0.3) is 0 Å². The van der Waals surface area contributed by atoms with Crippen LogP contribution in [0.4, 0.5) is 4.39 Å². The summed E-state index contributed by atoms with van der Waals surface area (Å²) < 4.78 is 20.7. The monoisotopic (exact) mass is 376 g/mol. The minimum absolute atomic E-state index is 0.0458. The first kappa shape index (κ1) is 19.4. The Morgan fingerprint density at radius 2 is 1.96 bits per heavy atom. The number of hydrogen-bond donors (Lipinski definition) is 0. The summed E-state index contributed by atoms with van der Waals surface area (Å²) in [4.78, 5) is 33.5. The molecule has 1 saturated heterocycles. The lowest BCUT2D eigenvalue weighted by Gasteiger charge is -2.32. The number of fused-ring (bicyclic) bond motifs is 1. The third kappa shape index (κ3) is 4.17. The maximum Gasteiger partial charge on any atom is 0.343 e. The molecule has 0 radical (unpaired) electrons. The predicted molar refractivity (Wildman–Crippen MR) is 101 cm³/mol. The van der Waals surface area contributed by atoms with Crippen LogP contribution >= 0.6 is 0 Å². The van der Waals surface area contributed by atoms with Crippen molar-refractivity contribution >= 4 is 17.0 Å². The third-order valence-electron chi connectivity index (χ3n) is 4.93. The SMILES string of the molecule is CCOC(=O)c1cn(CCN2CCN(C)CC2)c2nc(F)c(C)cc2c1=O. The molecule has 1 fully saturated rings. The molecule has 0 atom stereocenters. The number of rotatable bonds is 5. The normalized spacial score (nSPS) is 16.0. The van der Waals surface area contributed by atoms with Gasteiger partial charge in [0.2, 0.25) is 11.4 Å². The minimum Gasteiger partial charge on any atom is -0.462 e. The highest BCUT2D eigenvalue weighted by Gasteiger charge is 2.20. The van der Waals surface area contributed by atoms with Crippen molar-refractivity contribution in [3.05, 3.63) is 39.6 Å². The summed E-state index contributed by atoms with van der Waals surface area (Å²) in [6, 6.07) is 1.45. The zero-order valence-corrected chi connectivity index (χ0v) is 16.0. The van der Waals surface area contributed by atoms with E-state index in [0.29, 0.717) is 6.54 Å². The van der Waals surface area contributed by atoms with E-state index >= 15 is 0 Å². The quantitative estimate of drug-likeness (QED) is 0.578. The fraction of sp³-hybridized carbons (Fsp3) is 0.526. The van der Waals surface area contributed by atoms with Crippen molar-refractivity contribution in [3.8, 4) is 0 Å². The topological polar surface area (TPSA) is 67.7 Å². The number of halogens is 1. The van der Waals surface area contributed by atoms with Gasteiger partial charge in [-0.15, -0.1) is 0 Å². The highest BCUT2D eigenvalue weighted by molar-refractivity contribution is 5.93. The Morgan fingerprint density at radius 3 is 2.63 bits per heavy atom. The van der Waals surface area contributed by atoms with Gasteiger partial charge in [0, 0.05) is 51.0 Å². The van der Waals surface area contributed by atoms with Gasteiger partial charge < -0.3 is 14.2 Å². The Hall–Kier alpha value is -2.32. The summed E-state index contributed by atoms with van der Waals surface area (Å²) in [5.74, 6) is -1.28. The average Bonchev–Trinajstić information content (AvgIpc) is 2.64. The molecule has 3 rings (SSSR count). The maximum absolute atomic E-state index is 14.0. The molecule has 146 valence electrons. The van der Waals surface area contributed by atoms with Crippen molar-refractivity contribution in [3.63, 3.8) is 0 Å². The zero-order chi connectivity index (χ0) is 19.6. The van der Waals surface area contributed by atoms with Gasteiger partial charge >= 0.3 is 5.97 Å². The van der Waals surface area contributed by atoms with Gasteiger partial charge in [-0.05, 0) is 27.0 Å². The fourth-order valence-electron chi connectivity index (χ4n) is 3.23. The van der Waals surface area contributed by atoms with E-state index in [4.69, 9.17) is 4.74 Å². The largest absolute Gasteiger partial charge is 0.462 e. The van der Waals surface area contributed by atoms with Crippen LogP contribution in [0.25, 0.3) is 11.0 Å². The molecule has 0 amide bonds. The van der Waals surface area contributed by atoms with E-state index in [1.807, 2.05) is 0 Å². The first-order valence-corrected chi connectivity index (χ1v) is 9.19. The summed E-state index contributed by atoms with van der Waals surface area (Å²) in [6.45, 7) is 8.52. The number of likely N-dealkylation sites (N-methyl/N-ethyl adjacent to an activating group) is 1. The van der Waals surface area contributed by atoms with Crippen LogP contribution in [0.5, 0.6) is 0 Å². The van der Waals surface area contributed by atoms with E-state index in [9.17, 15) is 14.0 Å². The molecule has 0 saturated carbocycles. The lowest BCUT2D eigenvalue weighted by atomic mass is 10.1. The number of carbonyl (C=O) groups is 1. The van der Waals surface area contributed by atoms with Crippen LogP contribution in [0.3, 0.4) is 0 Å². The highest BCUT2D eigenvalue weighted by Crippen LogP contribution is 2.15. The molecule has 27 heavy (non-hydrogen) atoms. The molecule has 8 heteroatoms. The van der Waals surface area contributed by atoms with Gasteiger partial charge in [-0.1, -0.05) is 0 Å². The van der Waals surface area contributed by atoms with E-state index in [1.54, 1.807) is 18.4 Å². The molecule has 2 aromatic rings. The number of ether oxygens (including phenoxy) is 1. The fourth-order valence-corrected chi connectivity index (χ4v) is 3.23. The maximum atomic E-state index is 14.0. The number of carbonyl (C=O) groups excluding carboxylic acids is 1. The second-order valence-electron chi connectivity index (χ2n) is 6.90.